The fraction of sp³-hybridized carbons (Fsp3) is 0.455. The highest BCUT2D eigenvalue weighted by Gasteiger charge is 2.17. The van der Waals surface area contributed by atoms with E-state index in [1.54, 1.807) is 12.1 Å². The third-order valence-corrected chi connectivity index (χ3v) is 2.73. The molecule has 14 heavy (non-hydrogen) atoms. The van der Waals surface area contributed by atoms with Crippen molar-refractivity contribution in [1.29, 1.82) is 0 Å². The summed E-state index contributed by atoms with van der Waals surface area (Å²) in [4.78, 5) is 0. The number of nitrogens with one attached hydrogen (secondary N) is 1. The molecule has 1 fully saturated rings. The smallest absolute Gasteiger partial charge is 0.123 e. The molecule has 1 aromatic carbocycles. The highest BCUT2D eigenvalue weighted by Crippen LogP contribution is 2.25. The van der Waals surface area contributed by atoms with Crippen LogP contribution in [0.3, 0.4) is 0 Å². The molecule has 0 aromatic heterocycles. The van der Waals surface area contributed by atoms with E-state index in [9.17, 15) is 4.39 Å². The molecular formula is C11H15ClFN. The Bertz CT molecular complexity index is 308. The van der Waals surface area contributed by atoms with Gasteiger partial charge in [-0.3, -0.25) is 0 Å². The quantitative estimate of drug-likeness (QED) is 0.760. The minimum Gasteiger partial charge on any atom is -0.316 e. The number of hydrogen-bond donors (Lipinski definition) is 1. The van der Waals surface area contributed by atoms with Gasteiger partial charge in [-0.1, -0.05) is 6.07 Å². The van der Waals surface area contributed by atoms with Crippen molar-refractivity contribution in [2.75, 3.05) is 13.1 Å². The number of aryl methyl sites for hydroxylation is 1. The van der Waals surface area contributed by atoms with Crippen LogP contribution in [-0.2, 0) is 0 Å². The molecule has 0 aliphatic carbocycles. The van der Waals surface area contributed by atoms with Crippen molar-refractivity contribution in [1.82, 2.24) is 5.32 Å². The van der Waals surface area contributed by atoms with Gasteiger partial charge in [0, 0.05) is 6.54 Å². The number of halogens is 2. The van der Waals surface area contributed by atoms with Gasteiger partial charge in [0.25, 0.3) is 0 Å². The summed E-state index contributed by atoms with van der Waals surface area (Å²) >= 11 is 0. The monoisotopic (exact) mass is 215 g/mol. The molecule has 1 N–H and O–H groups in total. The highest BCUT2D eigenvalue weighted by atomic mass is 35.5. The number of rotatable bonds is 1. The van der Waals surface area contributed by atoms with E-state index in [2.05, 4.69) is 5.32 Å². The van der Waals surface area contributed by atoms with Crippen molar-refractivity contribution >= 4 is 12.4 Å². The van der Waals surface area contributed by atoms with Gasteiger partial charge in [-0.25, -0.2) is 4.39 Å². The zero-order valence-electron chi connectivity index (χ0n) is 8.22. The Labute approximate surface area is 90.1 Å². The molecule has 1 unspecified atom stereocenters. The molecule has 1 aromatic rings. The van der Waals surface area contributed by atoms with Gasteiger partial charge in [0.2, 0.25) is 0 Å². The Kier molecular flexibility index (Phi) is 3.90. The van der Waals surface area contributed by atoms with Gasteiger partial charge in [-0.05, 0) is 49.1 Å². The molecule has 1 aliphatic heterocycles. The van der Waals surface area contributed by atoms with Crippen LogP contribution in [0.1, 0.15) is 23.5 Å². The maximum Gasteiger partial charge on any atom is 0.123 e. The third-order valence-electron chi connectivity index (χ3n) is 2.73. The van der Waals surface area contributed by atoms with Crippen molar-refractivity contribution in [3.05, 3.63) is 35.1 Å². The van der Waals surface area contributed by atoms with E-state index < -0.39 is 0 Å². The van der Waals surface area contributed by atoms with Crippen LogP contribution in [0.2, 0.25) is 0 Å². The lowest BCUT2D eigenvalue weighted by molar-refractivity contribution is 0.623. The minimum atomic E-state index is -0.132. The molecular weight excluding hydrogens is 201 g/mol. The maximum atomic E-state index is 12.8. The Balaban J connectivity index is 0.000000980. The Morgan fingerprint density at radius 1 is 1.43 bits per heavy atom. The second-order valence-electron chi connectivity index (χ2n) is 3.69. The summed E-state index contributed by atoms with van der Waals surface area (Å²) in [5.74, 6) is 0.452. The Morgan fingerprint density at radius 3 is 2.79 bits per heavy atom. The summed E-state index contributed by atoms with van der Waals surface area (Å²) in [6, 6.07) is 5.09. The lowest BCUT2D eigenvalue weighted by atomic mass is 9.94. The highest BCUT2D eigenvalue weighted by molar-refractivity contribution is 5.85. The third kappa shape index (κ3) is 2.25. The van der Waals surface area contributed by atoms with Crippen molar-refractivity contribution < 1.29 is 4.39 Å². The average Bonchev–Trinajstić information content (AvgIpc) is 2.56. The molecule has 2 rings (SSSR count). The molecule has 1 aliphatic rings. The molecule has 0 saturated carbocycles. The van der Waals surface area contributed by atoms with E-state index >= 15 is 0 Å². The second kappa shape index (κ2) is 4.76. The van der Waals surface area contributed by atoms with Gasteiger partial charge in [-0.2, -0.15) is 0 Å². The first-order chi connectivity index (χ1) is 6.27. The largest absolute Gasteiger partial charge is 0.316 e. The zero-order chi connectivity index (χ0) is 9.26. The van der Waals surface area contributed by atoms with E-state index in [0.29, 0.717) is 5.92 Å². The first-order valence-electron chi connectivity index (χ1n) is 4.74. The summed E-state index contributed by atoms with van der Waals surface area (Å²) in [7, 11) is 0. The lowest BCUT2D eigenvalue weighted by Gasteiger charge is -2.11. The molecule has 0 spiro atoms. The fourth-order valence-corrected chi connectivity index (χ4v) is 2.02. The van der Waals surface area contributed by atoms with E-state index in [0.717, 1.165) is 18.7 Å². The summed E-state index contributed by atoms with van der Waals surface area (Å²) in [5.41, 5.74) is 2.38. The van der Waals surface area contributed by atoms with Gasteiger partial charge < -0.3 is 5.32 Å². The van der Waals surface area contributed by atoms with E-state index in [-0.39, 0.29) is 18.2 Å². The van der Waals surface area contributed by atoms with Crippen LogP contribution < -0.4 is 5.32 Å². The lowest BCUT2D eigenvalue weighted by Crippen LogP contribution is -2.08. The fourth-order valence-electron chi connectivity index (χ4n) is 2.02. The first-order valence-corrected chi connectivity index (χ1v) is 4.74. The SMILES string of the molecule is Cc1cc(F)ccc1C1CCNC1.Cl. The predicted octanol–water partition coefficient (Wildman–Crippen LogP) is 2.63. The summed E-state index contributed by atoms with van der Waals surface area (Å²) < 4.78 is 12.8. The van der Waals surface area contributed by atoms with E-state index in [1.807, 2.05) is 13.0 Å². The molecule has 0 amide bonds. The van der Waals surface area contributed by atoms with Crippen LogP contribution in [0.5, 0.6) is 0 Å². The van der Waals surface area contributed by atoms with Crippen LogP contribution in [0.4, 0.5) is 4.39 Å². The number of hydrogen-bond acceptors (Lipinski definition) is 1. The Hall–Kier alpha value is -0.600. The molecule has 3 heteroatoms. The standard InChI is InChI=1S/C11H14FN.ClH/c1-8-6-10(12)2-3-11(8)9-4-5-13-7-9;/h2-3,6,9,13H,4-5,7H2,1H3;1H. The van der Waals surface area contributed by atoms with Crippen molar-refractivity contribution in [3.63, 3.8) is 0 Å². The van der Waals surface area contributed by atoms with Crippen LogP contribution in [0, 0.1) is 12.7 Å². The van der Waals surface area contributed by atoms with Crippen molar-refractivity contribution in [2.45, 2.75) is 19.3 Å². The van der Waals surface area contributed by atoms with Crippen LogP contribution in [0.15, 0.2) is 18.2 Å². The second-order valence-corrected chi connectivity index (χ2v) is 3.69. The summed E-state index contributed by atoms with van der Waals surface area (Å²) in [6.07, 6.45) is 1.17. The van der Waals surface area contributed by atoms with Crippen molar-refractivity contribution in [3.8, 4) is 0 Å². The van der Waals surface area contributed by atoms with Crippen molar-refractivity contribution in [2.24, 2.45) is 0 Å². The topological polar surface area (TPSA) is 12.0 Å². The number of benzene rings is 1. The Morgan fingerprint density at radius 2 is 2.21 bits per heavy atom. The molecule has 78 valence electrons. The molecule has 1 atom stereocenters. The minimum absolute atomic E-state index is 0. The zero-order valence-corrected chi connectivity index (χ0v) is 9.03. The molecule has 0 bridgehead atoms. The van der Waals surface area contributed by atoms with Crippen LogP contribution in [0.25, 0.3) is 0 Å². The molecule has 1 nitrogen and oxygen atoms in total. The predicted molar refractivity (Wildman–Crippen MR) is 58.6 cm³/mol. The van der Waals surface area contributed by atoms with E-state index in [1.165, 1.54) is 12.0 Å². The summed E-state index contributed by atoms with van der Waals surface area (Å²) in [6.45, 7) is 4.10. The van der Waals surface area contributed by atoms with Gasteiger partial charge in [0.15, 0.2) is 0 Å². The first kappa shape index (κ1) is 11.5. The van der Waals surface area contributed by atoms with Crippen LogP contribution >= 0.6 is 12.4 Å². The molecule has 1 heterocycles. The average molecular weight is 216 g/mol. The van der Waals surface area contributed by atoms with Gasteiger partial charge >= 0.3 is 0 Å². The van der Waals surface area contributed by atoms with Gasteiger partial charge in [-0.15, -0.1) is 12.4 Å². The van der Waals surface area contributed by atoms with Crippen LogP contribution in [-0.4, -0.2) is 13.1 Å². The summed E-state index contributed by atoms with van der Waals surface area (Å²) in [5, 5.41) is 3.32. The van der Waals surface area contributed by atoms with Gasteiger partial charge in [0.1, 0.15) is 5.82 Å². The van der Waals surface area contributed by atoms with E-state index in [4.69, 9.17) is 0 Å². The normalized spacial score (nSPS) is 20.6. The molecule has 1 saturated heterocycles. The molecule has 0 radical (unpaired) electrons. The van der Waals surface area contributed by atoms with Gasteiger partial charge in [0.05, 0.1) is 0 Å². The maximum absolute atomic E-state index is 12.8.